The van der Waals surface area contributed by atoms with Crippen molar-refractivity contribution in [2.24, 2.45) is 0 Å². The molecule has 1 atom stereocenters. The molecule has 1 unspecified atom stereocenters. The summed E-state index contributed by atoms with van der Waals surface area (Å²) in [5, 5.41) is 13.5. The minimum Gasteiger partial charge on any atom is -0.496 e. The molecular formula is C18H21N3O4. The summed E-state index contributed by atoms with van der Waals surface area (Å²) in [6.45, 7) is 0.378. The molecule has 0 saturated carbocycles. The van der Waals surface area contributed by atoms with E-state index in [1.807, 2.05) is 43.3 Å². The van der Waals surface area contributed by atoms with E-state index < -0.39 is 4.92 Å². The predicted molar refractivity (Wildman–Crippen MR) is 94.9 cm³/mol. The van der Waals surface area contributed by atoms with Gasteiger partial charge in [0.1, 0.15) is 5.75 Å². The topological polar surface area (TPSA) is 84.7 Å². The van der Waals surface area contributed by atoms with Crippen molar-refractivity contribution < 1.29 is 14.5 Å². The van der Waals surface area contributed by atoms with Gasteiger partial charge < -0.3 is 15.0 Å². The van der Waals surface area contributed by atoms with Crippen molar-refractivity contribution in [3.05, 3.63) is 69.8 Å². The van der Waals surface area contributed by atoms with Crippen molar-refractivity contribution in [3.63, 3.8) is 0 Å². The SMILES string of the molecule is COc1ccccc1C(CNC(=O)c1ccc([N+](=O)[O-])cc1)N(C)C. The molecule has 0 radical (unpaired) electrons. The highest BCUT2D eigenvalue weighted by atomic mass is 16.6. The molecule has 1 amide bonds. The highest BCUT2D eigenvalue weighted by Crippen LogP contribution is 2.27. The lowest BCUT2D eigenvalue weighted by atomic mass is 10.0. The van der Waals surface area contributed by atoms with Crippen LogP contribution in [0.15, 0.2) is 48.5 Å². The number of nitro groups is 1. The van der Waals surface area contributed by atoms with Crippen LogP contribution in [0.1, 0.15) is 22.0 Å². The van der Waals surface area contributed by atoms with Crippen LogP contribution in [0.4, 0.5) is 5.69 Å². The van der Waals surface area contributed by atoms with Crippen molar-refractivity contribution in [2.75, 3.05) is 27.7 Å². The molecule has 7 heteroatoms. The maximum absolute atomic E-state index is 12.3. The Morgan fingerprint density at radius 3 is 2.40 bits per heavy atom. The average molecular weight is 343 g/mol. The molecule has 0 aliphatic rings. The summed E-state index contributed by atoms with van der Waals surface area (Å²) < 4.78 is 5.40. The molecule has 0 spiro atoms. The molecule has 0 saturated heterocycles. The molecule has 2 rings (SSSR count). The van der Waals surface area contributed by atoms with Gasteiger partial charge in [0.15, 0.2) is 0 Å². The lowest BCUT2D eigenvalue weighted by Crippen LogP contribution is -2.34. The molecule has 2 aromatic carbocycles. The molecule has 0 aliphatic heterocycles. The van der Waals surface area contributed by atoms with Crippen LogP contribution in [-0.2, 0) is 0 Å². The van der Waals surface area contributed by atoms with Crippen molar-refractivity contribution in [1.29, 1.82) is 0 Å². The number of nitrogens with zero attached hydrogens (tertiary/aromatic N) is 2. The second kappa shape index (κ2) is 8.25. The number of ether oxygens (including phenoxy) is 1. The first kappa shape index (κ1) is 18.4. The number of amides is 1. The van der Waals surface area contributed by atoms with E-state index in [9.17, 15) is 14.9 Å². The minimum absolute atomic E-state index is 0.0447. The molecule has 0 bridgehead atoms. The van der Waals surface area contributed by atoms with Gasteiger partial charge in [0.2, 0.25) is 0 Å². The second-order valence-corrected chi connectivity index (χ2v) is 5.74. The molecule has 2 aromatic rings. The zero-order valence-electron chi connectivity index (χ0n) is 14.4. The van der Waals surface area contributed by atoms with Gasteiger partial charge in [-0.25, -0.2) is 0 Å². The van der Waals surface area contributed by atoms with Gasteiger partial charge in [0.05, 0.1) is 18.1 Å². The maximum atomic E-state index is 12.3. The molecule has 25 heavy (non-hydrogen) atoms. The highest BCUT2D eigenvalue weighted by Gasteiger charge is 2.19. The first-order valence-corrected chi connectivity index (χ1v) is 7.76. The molecule has 1 N–H and O–H groups in total. The standard InChI is InChI=1S/C18H21N3O4/c1-20(2)16(15-6-4-5-7-17(15)25-3)12-19-18(22)13-8-10-14(11-9-13)21(23)24/h4-11,16H,12H2,1-3H3,(H,19,22). The van der Waals surface area contributed by atoms with Gasteiger partial charge in [-0.1, -0.05) is 18.2 Å². The largest absolute Gasteiger partial charge is 0.496 e. The first-order valence-electron chi connectivity index (χ1n) is 7.76. The Bertz CT molecular complexity index is 744. The molecule has 0 fully saturated rings. The number of carbonyl (C=O) groups is 1. The van der Waals surface area contributed by atoms with Gasteiger partial charge in [-0.3, -0.25) is 14.9 Å². The zero-order valence-corrected chi connectivity index (χ0v) is 14.4. The number of benzene rings is 2. The number of methoxy groups -OCH3 is 1. The van der Waals surface area contributed by atoms with Crippen molar-refractivity contribution in [2.45, 2.75) is 6.04 Å². The minimum atomic E-state index is -0.495. The third-order valence-corrected chi connectivity index (χ3v) is 3.92. The number of carbonyl (C=O) groups excluding carboxylic acids is 1. The average Bonchev–Trinajstić information content (AvgIpc) is 2.61. The van der Waals surface area contributed by atoms with Crippen LogP contribution in [0.5, 0.6) is 5.75 Å². The van der Waals surface area contributed by atoms with Crippen LogP contribution in [0.3, 0.4) is 0 Å². The van der Waals surface area contributed by atoms with Crippen LogP contribution in [0.25, 0.3) is 0 Å². The number of hydrogen-bond acceptors (Lipinski definition) is 5. The summed E-state index contributed by atoms with van der Waals surface area (Å²) in [5.74, 6) is 0.474. The van der Waals surface area contributed by atoms with Gasteiger partial charge >= 0.3 is 0 Å². The number of likely N-dealkylation sites (N-methyl/N-ethyl adjacent to an activating group) is 1. The molecule has 0 aliphatic carbocycles. The van der Waals surface area contributed by atoms with E-state index in [1.54, 1.807) is 7.11 Å². The predicted octanol–water partition coefficient (Wildman–Crippen LogP) is 2.64. The number of non-ortho nitro benzene ring substituents is 1. The summed E-state index contributed by atoms with van der Waals surface area (Å²) in [7, 11) is 5.46. The Labute approximate surface area is 146 Å². The summed E-state index contributed by atoms with van der Waals surface area (Å²) in [6, 6.07) is 13.1. The quantitative estimate of drug-likeness (QED) is 0.617. The molecule has 0 heterocycles. The fourth-order valence-corrected chi connectivity index (χ4v) is 2.54. The molecule has 132 valence electrons. The monoisotopic (exact) mass is 343 g/mol. The molecule has 7 nitrogen and oxygen atoms in total. The Morgan fingerprint density at radius 1 is 1.20 bits per heavy atom. The van der Waals surface area contributed by atoms with Gasteiger partial charge in [-0.2, -0.15) is 0 Å². The third kappa shape index (κ3) is 4.54. The van der Waals surface area contributed by atoms with Crippen molar-refractivity contribution >= 4 is 11.6 Å². The van der Waals surface area contributed by atoms with Gasteiger partial charge in [0.25, 0.3) is 11.6 Å². The number of para-hydroxylation sites is 1. The van der Waals surface area contributed by atoms with Crippen LogP contribution in [0.2, 0.25) is 0 Å². The fourth-order valence-electron chi connectivity index (χ4n) is 2.54. The zero-order chi connectivity index (χ0) is 18.4. The van der Waals surface area contributed by atoms with E-state index in [-0.39, 0.29) is 17.6 Å². The summed E-state index contributed by atoms with van der Waals surface area (Å²) in [5.41, 5.74) is 1.30. The van der Waals surface area contributed by atoms with E-state index in [2.05, 4.69) is 5.32 Å². The van der Waals surface area contributed by atoms with E-state index >= 15 is 0 Å². The molecule has 0 aromatic heterocycles. The Kier molecular flexibility index (Phi) is 6.08. The fraction of sp³-hybridized carbons (Fsp3) is 0.278. The lowest BCUT2D eigenvalue weighted by Gasteiger charge is -2.26. The smallest absolute Gasteiger partial charge is 0.269 e. The van der Waals surface area contributed by atoms with Crippen molar-refractivity contribution in [1.82, 2.24) is 10.2 Å². The highest BCUT2D eigenvalue weighted by molar-refractivity contribution is 5.94. The van der Waals surface area contributed by atoms with Crippen LogP contribution in [-0.4, -0.2) is 43.5 Å². The number of nitrogens with one attached hydrogen (secondary N) is 1. The van der Waals surface area contributed by atoms with Gasteiger partial charge in [-0.05, 0) is 32.3 Å². The third-order valence-electron chi connectivity index (χ3n) is 3.92. The summed E-state index contributed by atoms with van der Waals surface area (Å²) >= 11 is 0. The summed E-state index contributed by atoms with van der Waals surface area (Å²) in [6.07, 6.45) is 0. The Balaban J connectivity index is 2.10. The number of nitro benzene ring substituents is 1. The maximum Gasteiger partial charge on any atom is 0.269 e. The van der Waals surface area contributed by atoms with Crippen LogP contribution < -0.4 is 10.1 Å². The second-order valence-electron chi connectivity index (χ2n) is 5.74. The molecular weight excluding hydrogens is 322 g/mol. The van der Waals surface area contributed by atoms with Gasteiger partial charge in [-0.15, -0.1) is 0 Å². The van der Waals surface area contributed by atoms with E-state index in [1.165, 1.54) is 24.3 Å². The lowest BCUT2D eigenvalue weighted by molar-refractivity contribution is -0.384. The van der Waals surface area contributed by atoms with Crippen LogP contribution in [0, 0.1) is 10.1 Å². The summed E-state index contributed by atoms with van der Waals surface area (Å²) in [4.78, 5) is 24.5. The Morgan fingerprint density at radius 2 is 1.84 bits per heavy atom. The first-order chi connectivity index (χ1) is 11.9. The number of rotatable bonds is 7. The van der Waals surface area contributed by atoms with E-state index in [4.69, 9.17) is 4.74 Å². The van der Waals surface area contributed by atoms with E-state index in [0.29, 0.717) is 12.1 Å². The normalized spacial score (nSPS) is 11.8. The van der Waals surface area contributed by atoms with Crippen LogP contribution >= 0.6 is 0 Å². The van der Waals surface area contributed by atoms with Crippen molar-refractivity contribution in [3.8, 4) is 5.75 Å². The van der Waals surface area contributed by atoms with E-state index in [0.717, 1.165) is 11.3 Å². The Hall–Kier alpha value is -2.93. The number of hydrogen-bond donors (Lipinski definition) is 1. The van der Waals surface area contributed by atoms with Gasteiger partial charge in [0, 0.05) is 29.8 Å².